The van der Waals surface area contributed by atoms with Gasteiger partial charge in [0.25, 0.3) is 0 Å². The van der Waals surface area contributed by atoms with Gasteiger partial charge in [-0.05, 0) is 36.8 Å². The zero-order valence-corrected chi connectivity index (χ0v) is 9.76. The van der Waals surface area contributed by atoms with Crippen molar-refractivity contribution in [2.75, 3.05) is 7.05 Å². The van der Waals surface area contributed by atoms with E-state index in [1.54, 1.807) is 13.3 Å². The van der Waals surface area contributed by atoms with Gasteiger partial charge in [-0.1, -0.05) is 25.8 Å². The first-order valence-corrected chi connectivity index (χ1v) is 5.84. The van der Waals surface area contributed by atoms with Crippen LogP contribution in [0, 0.1) is 0 Å². The fraction of sp³-hybridized carbons (Fsp3) is 0.615. The van der Waals surface area contributed by atoms with Crippen LogP contribution in [0.3, 0.4) is 0 Å². The van der Waals surface area contributed by atoms with Gasteiger partial charge in [0.15, 0.2) is 0 Å². The van der Waals surface area contributed by atoms with Crippen LogP contribution in [0.25, 0.3) is 0 Å². The monoisotopic (exact) mass is 206 g/mol. The standard InChI is InChI=1S/C13H22N2/c1-11-8-6-4-3-5-7-9-12(11)13(14)10-15-2/h10H,1,3-9,14H2,2H3/b13-12+,15-10-. The van der Waals surface area contributed by atoms with E-state index in [0.717, 1.165) is 18.5 Å². The molecule has 1 aliphatic carbocycles. The Bertz CT molecular complexity index is 274. The third-order valence-corrected chi connectivity index (χ3v) is 2.95. The highest BCUT2D eigenvalue weighted by molar-refractivity contribution is 5.79. The van der Waals surface area contributed by atoms with Crippen LogP contribution in [0.5, 0.6) is 0 Å². The summed E-state index contributed by atoms with van der Waals surface area (Å²) in [5.74, 6) is 0. The van der Waals surface area contributed by atoms with Crippen molar-refractivity contribution in [2.24, 2.45) is 10.7 Å². The highest BCUT2D eigenvalue weighted by Gasteiger charge is 2.09. The summed E-state index contributed by atoms with van der Waals surface area (Å²) in [6.45, 7) is 4.14. The van der Waals surface area contributed by atoms with E-state index in [-0.39, 0.29) is 0 Å². The fourth-order valence-electron chi connectivity index (χ4n) is 2.06. The van der Waals surface area contributed by atoms with Crippen LogP contribution in [0.1, 0.15) is 44.9 Å². The molecule has 0 unspecified atom stereocenters. The molecule has 0 aromatic heterocycles. The van der Waals surface area contributed by atoms with Crippen molar-refractivity contribution >= 4 is 6.21 Å². The van der Waals surface area contributed by atoms with Gasteiger partial charge in [0.05, 0.1) is 5.70 Å². The molecule has 15 heavy (non-hydrogen) atoms. The molecule has 0 atom stereocenters. The van der Waals surface area contributed by atoms with Crippen molar-refractivity contribution in [3.05, 3.63) is 23.4 Å². The van der Waals surface area contributed by atoms with Crippen molar-refractivity contribution in [1.82, 2.24) is 0 Å². The smallest absolute Gasteiger partial charge is 0.0530 e. The summed E-state index contributed by atoms with van der Waals surface area (Å²) >= 11 is 0. The minimum atomic E-state index is 0.810. The maximum Gasteiger partial charge on any atom is 0.0530 e. The number of rotatable bonds is 1. The fourth-order valence-corrected chi connectivity index (χ4v) is 2.06. The molecule has 0 amide bonds. The molecule has 2 heteroatoms. The number of aliphatic imine (C=N–C) groups is 1. The Hall–Kier alpha value is -1.05. The van der Waals surface area contributed by atoms with E-state index in [1.165, 1.54) is 43.3 Å². The summed E-state index contributed by atoms with van der Waals surface area (Å²) in [5, 5.41) is 0. The predicted octanol–water partition coefficient (Wildman–Crippen LogP) is 3.20. The Labute approximate surface area is 93.0 Å². The summed E-state index contributed by atoms with van der Waals surface area (Å²) in [7, 11) is 1.76. The molecule has 0 spiro atoms. The summed E-state index contributed by atoms with van der Waals surface area (Å²) in [6, 6.07) is 0. The van der Waals surface area contributed by atoms with Crippen LogP contribution >= 0.6 is 0 Å². The summed E-state index contributed by atoms with van der Waals surface area (Å²) < 4.78 is 0. The van der Waals surface area contributed by atoms with Crippen LogP contribution in [0.2, 0.25) is 0 Å². The predicted molar refractivity (Wildman–Crippen MR) is 67.1 cm³/mol. The zero-order chi connectivity index (χ0) is 11.1. The van der Waals surface area contributed by atoms with E-state index in [1.807, 2.05) is 0 Å². The van der Waals surface area contributed by atoms with Gasteiger partial charge in [-0.2, -0.15) is 0 Å². The minimum absolute atomic E-state index is 0.810. The van der Waals surface area contributed by atoms with E-state index in [0.29, 0.717) is 0 Å². The molecule has 1 rings (SSSR count). The van der Waals surface area contributed by atoms with Crippen LogP contribution in [0.15, 0.2) is 28.4 Å². The van der Waals surface area contributed by atoms with Gasteiger partial charge in [-0.15, -0.1) is 0 Å². The largest absolute Gasteiger partial charge is 0.397 e. The van der Waals surface area contributed by atoms with Gasteiger partial charge in [0.2, 0.25) is 0 Å². The molecule has 1 saturated carbocycles. The second-order valence-corrected chi connectivity index (χ2v) is 4.19. The van der Waals surface area contributed by atoms with E-state index >= 15 is 0 Å². The molecular formula is C13H22N2. The molecule has 0 saturated heterocycles. The maximum absolute atomic E-state index is 5.99. The Morgan fingerprint density at radius 3 is 2.47 bits per heavy atom. The van der Waals surface area contributed by atoms with Gasteiger partial charge in [-0.25, -0.2) is 0 Å². The third kappa shape index (κ3) is 3.90. The van der Waals surface area contributed by atoms with Gasteiger partial charge in [-0.3, -0.25) is 4.99 Å². The third-order valence-electron chi connectivity index (χ3n) is 2.95. The van der Waals surface area contributed by atoms with Crippen LogP contribution < -0.4 is 5.73 Å². The first-order chi connectivity index (χ1) is 7.25. The molecule has 0 heterocycles. The van der Waals surface area contributed by atoms with Crippen molar-refractivity contribution < 1.29 is 0 Å². The normalized spacial score (nSPS) is 23.4. The molecule has 2 nitrogen and oxygen atoms in total. The Morgan fingerprint density at radius 2 is 1.80 bits per heavy atom. The Kier molecular flexibility index (Phi) is 5.16. The van der Waals surface area contributed by atoms with Gasteiger partial charge < -0.3 is 5.73 Å². The summed E-state index contributed by atoms with van der Waals surface area (Å²) in [6.07, 6.45) is 10.4. The number of nitrogens with zero attached hydrogens (tertiary/aromatic N) is 1. The van der Waals surface area contributed by atoms with Crippen molar-refractivity contribution in [3.63, 3.8) is 0 Å². The molecule has 2 N–H and O–H groups in total. The second kappa shape index (κ2) is 6.44. The highest BCUT2D eigenvalue weighted by atomic mass is 14.7. The topological polar surface area (TPSA) is 38.4 Å². The molecule has 0 aromatic carbocycles. The molecule has 0 aliphatic heterocycles. The lowest BCUT2D eigenvalue weighted by molar-refractivity contribution is 0.633. The highest BCUT2D eigenvalue weighted by Crippen LogP contribution is 2.25. The van der Waals surface area contributed by atoms with Gasteiger partial charge >= 0.3 is 0 Å². The van der Waals surface area contributed by atoms with Crippen LogP contribution in [-0.2, 0) is 0 Å². The number of nitrogens with two attached hydrogens (primary N) is 1. The van der Waals surface area contributed by atoms with Crippen molar-refractivity contribution in [1.29, 1.82) is 0 Å². The Balaban J connectivity index is 2.80. The van der Waals surface area contributed by atoms with Gasteiger partial charge in [0.1, 0.15) is 0 Å². The average molecular weight is 206 g/mol. The average Bonchev–Trinajstić information content (AvgIpc) is 2.30. The molecule has 0 aromatic rings. The second-order valence-electron chi connectivity index (χ2n) is 4.19. The quantitative estimate of drug-likeness (QED) is 0.657. The van der Waals surface area contributed by atoms with E-state index < -0.39 is 0 Å². The lowest BCUT2D eigenvalue weighted by atomic mass is 9.97. The maximum atomic E-state index is 5.99. The molecular weight excluding hydrogens is 184 g/mol. The molecule has 0 bridgehead atoms. The summed E-state index contributed by atoms with van der Waals surface area (Å²) in [5.41, 5.74) is 9.26. The number of hydrogen-bond acceptors (Lipinski definition) is 2. The minimum Gasteiger partial charge on any atom is -0.397 e. The molecule has 1 aliphatic rings. The van der Waals surface area contributed by atoms with Crippen LogP contribution in [-0.4, -0.2) is 13.3 Å². The van der Waals surface area contributed by atoms with E-state index in [9.17, 15) is 0 Å². The van der Waals surface area contributed by atoms with Gasteiger partial charge in [0, 0.05) is 13.3 Å². The number of allylic oxidation sites excluding steroid dienone is 3. The first-order valence-electron chi connectivity index (χ1n) is 5.84. The Morgan fingerprint density at radius 1 is 1.20 bits per heavy atom. The van der Waals surface area contributed by atoms with Crippen LogP contribution in [0.4, 0.5) is 0 Å². The first kappa shape index (κ1) is 12.0. The van der Waals surface area contributed by atoms with Crippen molar-refractivity contribution in [3.8, 4) is 0 Å². The SMILES string of the molecule is C=C1CCCCCCC/C1=C(N)/C=N\C. The van der Waals surface area contributed by atoms with E-state index in [2.05, 4.69) is 11.6 Å². The number of hydrogen-bond donors (Lipinski definition) is 1. The van der Waals surface area contributed by atoms with Crippen molar-refractivity contribution in [2.45, 2.75) is 44.9 Å². The molecule has 0 radical (unpaired) electrons. The molecule has 1 fully saturated rings. The molecule has 84 valence electrons. The summed E-state index contributed by atoms with van der Waals surface area (Å²) in [4.78, 5) is 3.97. The van der Waals surface area contributed by atoms with E-state index in [4.69, 9.17) is 5.73 Å². The lowest BCUT2D eigenvalue weighted by Crippen LogP contribution is -2.06. The zero-order valence-electron chi connectivity index (χ0n) is 9.76. The lowest BCUT2D eigenvalue weighted by Gasteiger charge is -2.10.